The van der Waals surface area contributed by atoms with Gasteiger partial charge in [-0.2, -0.15) is 9.57 Å². The molecular formula is C13H12N4O4S. The number of benzene rings is 1. The van der Waals surface area contributed by atoms with E-state index in [-0.39, 0.29) is 36.0 Å². The minimum Gasteiger partial charge on any atom is -0.329 e. The van der Waals surface area contributed by atoms with Crippen molar-refractivity contribution in [2.75, 3.05) is 19.6 Å². The Kier molecular flexibility index (Phi) is 3.35. The Morgan fingerprint density at radius 1 is 1.23 bits per heavy atom. The van der Waals surface area contributed by atoms with E-state index in [2.05, 4.69) is 5.32 Å². The van der Waals surface area contributed by atoms with E-state index in [1.807, 2.05) is 6.07 Å². The van der Waals surface area contributed by atoms with Crippen LogP contribution in [-0.2, 0) is 14.8 Å². The van der Waals surface area contributed by atoms with E-state index < -0.39 is 22.1 Å². The first kappa shape index (κ1) is 14.5. The van der Waals surface area contributed by atoms with Crippen LogP contribution in [0.15, 0.2) is 29.2 Å². The number of nitrogens with one attached hydrogen (secondary N) is 1. The Labute approximate surface area is 127 Å². The van der Waals surface area contributed by atoms with Crippen molar-refractivity contribution in [1.29, 1.82) is 5.26 Å². The third kappa shape index (κ3) is 2.13. The van der Waals surface area contributed by atoms with Gasteiger partial charge in [0.1, 0.15) is 6.07 Å². The third-order valence-electron chi connectivity index (χ3n) is 3.70. The Balaban J connectivity index is 1.79. The summed E-state index contributed by atoms with van der Waals surface area (Å²) >= 11 is 0. The van der Waals surface area contributed by atoms with Crippen LogP contribution in [0.2, 0.25) is 0 Å². The molecule has 0 bridgehead atoms. The average Bonchev–Trinajstić information content (AvgIpc) is 2.77. The van der Waals surface area contributed by atoms with Crippen molar-refractivity contribution in [2.45, 2.75) is 10.9 Å². The second-order valence-electron chi connectivity index (χ2n) is 5.01. The third-order valence-corrected chi connectivity index (χ3v) is 5.59. The number of amides is 3. The van der Waals surface area contributed by atoms with E-state index in [1.165, 1.54) is 12.1 Å². The van der Waals surface area contributed by atoms with Gasteiger partial charge in [-0.3, -0.25) is 9.69 Å². The van der Waals surface area contributed by atoms with Gasteiger partial charge in [0, 0.05) is 13.1 Å². The standard InChI is InChI=1S/C13H12N4O4S/c14-5-9-3-1-2-4-11(9)22(20,21)16-7-10(8-16)17-12(18)6-15-13(17)19/h1-4,10H,6-8H2,(H,15,19). The molecule has 2 fully saturated rings. The zero-order valence-electron chi connectivity index (χ0n) is 11.4. The molecule has 0 aliphatic carbocycles. The average molecular weight is 320 g/mol. The van der Waals surface area contributed by atoms with Crippen LogP contribution in [0, 0.1) is 11.3 Å². The maximum atomic E-state index is 12.5. The number of hydrogen-bond donors (Lipinski definition) is 1. The van der Waals surface area contributed by atoms with Crippen molar-refractivity contribution in [1.82, 2.24) is 14.5 Å². The Morgan fingerprint density at radius 3 is 2.50 bits per heavy atom. The van der Waals surface area contributed by atoms with Crippen LogP contribution in [0.4, 0.5) is 4.79 Å². The number of nitriles is 1. The summed E-state index contributed by atoms with van der Waals surface area (Å²) in [5.41, 5.74) is 0.0703. The lowest BCUT2D eigenvalue weighted by Crippen LogP contribution is -2.62. The van der Waals surface area contributed by atoms with Gasteiger partial charge < -0.3 is 5.32 Å². The molecule has 0 aromatic heterocycles. The molecule has 0 atom stereocenters. The highest BCUT2D eigenvalue weighted by Crippen LogP contribution is 2.27. The summed E-state index contributed by atoms with van der Waals surface area (Å²) in [4.78, 5) is 24.1. The Hall–Kier alpha value is -2.44. The first-order valence-electron chi connectivity index (χ1n) is 6.54. The van der Waals surface area contributed by atoms with E-state index in [0.717, 1.165) is 9.21 Å². The van der Waals surface area contributed by atoms with Crippen molar-refractivity contribution in [3.05, 3.63) is 29.8 Å². The minimum atomic E-state index is -3.80. The summed E-state index contributed by atoms with van der Waals surface area (Å²) in [6.07, 6.45) is 0. The lowest BCUT2D eigenvalue weighted by Gasteiger charge is -2.41. The topological polar surface area (TPSA) is 111 Å². The predicted octanol–water partition coefficient (Wildman–Crippen LogP) is -0.517. The molecule has 22 heavy (non-hydrogen) atoms. The van der Waals surface area contributed by atoms with Gasteiger partial charge in [0.2, 0.25) is 15.9 Å². The fraction of sp³-hybridized carbons (Fsp3) is 0.308. The van der Waals surface area contributed by atoms with E-state index in [1.54, 1.807) is 12.1 Å². The van der Waals surface area contributed by atoms with Crippen molar-refractivity contribution in [3.63, 3.8) is 0 Å². The van der Waals surface area contributed by atoms with Gasteiger partial charge >= 0.3 is 6.03 Å². The number of imide groups is 1. The fourth-order valence-electron chi connectivity index (χ4n) is 2.50. The largest absolute Gasteiger partial charge is 0.329 e. The van der Waals surface area contributed by atoms with Crippen molar-refractivity contribution < 1.29 is 18.0 Å². The number of sulfonamides is 1. The summed E-state index contributed by atoms with van der Waals surface area (Å²) in [6.45, 7) is 0.0296. The molecule has 0 saturated carbocycles. The minimum absolute atomic E-state index is 0.0429. The van der Waals surface area contributed by atoms with Gasteiger partial charge in [0.05, 0.1) is 23.0 Å². The summed E-state index contributed by atoms with van der Waals surface area (Å²) in [5, 5.41) is 11.4. The molecule has 9 heteroatoms. The van der Waals surface area contributed by atoms with Crippen LogP contribution < -0.4 is 5.32 Å². The van der Waals surface area contributed by atoms with Crippen LogP contribution in [-0.4, -0.2) is 55.2 Å². The van der Waals surface area contributed by atoms with Crippen molar-refractivity contribution >= 4 is 22.0 Å². The molecule has 2 heterocycles. The Bertz CT molecular complexity index is 777. The number of hydrogen-bond acceptors (Lipinski definition) is 5. The molecule has 2 aliphatic heterocycles. The number of nitrogens with zero attached hydrogens (tertiary/aromatic N) is 3. The molecular weight excluding hydrogens is 308 g/mol. The van der Waals surface area contributed by atoms with Gasteiger partial charge in [-0.15, -0.1) is 0 Å². The molecule has 0 radical (unpaired) electrons. The maximum absolute atomic E-state index is 12.5. The normalized spacial score (nSPS) is 19.7. The molecule has 114 valence electrons. The molecule has 2 aliphatic rings. The maximum Gasteiger partial charge on any atom is 0.324 e. The molecule has 8 nitrogen and oxygen atoms in total. The summed E-state index contributed by atoms with van der Waals surface area (Å²) in [6, 6.07) is 6.83. The van der Waals surface area contributed by atoms with Gasteiger partial charge in [0.15, 0.2) is 0 Å². The van der Waals surface area contributed by atoms with E-state index in [9.17, 15) is 18.0 Å². The fourth-order valence-corrected chi connectivity index (χ4v) is 4.16. The summed E-state index contributed by atoms with van der Waals surface area (Å²) < 4.78 is 26.1. The lowest BCUT2D eigenvalue weighted by molar-refractivity contribution is -0.128. The molecule has 1 aromatic rings. The molecule has 3 rings (SSSR count). The zero-order valence-corrected chi connectivity index (χ0v) is 12.2. The first-order chi connectivity index (χ1) is 10.4. The molecule has 2 saturated heterocycles. The van der Waals surface area contributed by atoms with Crippen molar-refractivity contribution in [3.8, 4) is 6.07 Å². The number of rotatable bonds is 3. The highest BCUT2D eigenvalue weighted by molar-refractivity contribution is 7.89. The highest BCUT2D eigenvalue weighted by Gasteiger charge is 2.46. The summed E-state index contributed by atoms with van der Waals surface area (Å²) in [7, 11) is -3.80. The molecule has 0 spiro atoms. The van der Waals surface area contributed by atoms with Crippen LogP contribution >= 0.6 is 0 Å². The van der Waals surface area contributed by atoms with Crippen LogP contribution in [0.1, 0.15) is 5.56 Å². The van der Waals surface area contributed by atoms with Crippen LogP contribution in [0.3, 0.4) is 0 Å². The van der Waals surface area contributed by atoms with Gasteiger partial charge in [-0.05, 0) is 12.1 Å². The molecule has 1 aromatic carbocycles. The lowest BCUT2D eigenvalue weighted by atomic mass is 10.1. The van der Waals surface area contributed by atoms with Gasteiger partial charge in [0.25, 0.3) is 0 Å². The molecule has 3 amide bonds. The number of carbonyl (C=O) groups is 2. The van der Waals surface area contributed by atoms with E-state index >= 15 is 0 Å². The van der Waals surface area contributed by atoms with Gasteiger partial charge in [-0.1, -0.05) is 12.1 Å². The highest BCUT2D eigenvalue weighted by atomic mass is 32.2. The summed E-state index contributed by atoms with van der Waals surface area (Å²) in [5.74, 6) is -0.357. The van der Waals surface area contributed by atoms with E-state index in [4.69, 9.17) is 5.26 Å². The van der Waals surface area contributed by atoms with Crippen LogP contribution in [0.25, 0.3) is 0 Å². The number of carbonyl (C=O) groups excluding carboxylic acids is 2. The molecule has 1 N–H and O–H groups in total. The molecule has 0 unspecified atom stereocenters. The second-order valence-corrected chi connectivity index (χ2v) is 6.91. The SMILES string of the molecule is N#Cc1ccccc1S(=O)(=O)N1CC(N2C(=O)CNC2=O)C1. The monoisotopic (exact) mass is 320 g/mol. The zero-order chi connectivity index (χ0) is 15.9. The quantitative estimate of drug-likeness (QED) is 0.754. The Morgan fingerprint density at radius 2 is 1.91 bits per heavy atom. The second kappa shape index (κ2) is 5.08. The smallest absolute Gasteiger partial charge is 0.324 e. The van der Waals surface area contributed by atoms with Crippen molar-refractivity contribution in [2.24, 2.45) is 0 Å². The van der Waals surface area contributed by atoms with Crippen LogP contribution in [0.5, 0.6) is 0 Å². The van der Waals surface area contributed by atoms with Gasteiger partial charge in [-0.25, -0.2) is 13.2 Å². The first-order valence-corrected chi connectivity index (χ1v) is 7.98. The van der Waals surface area contributed by atoms with E-state index in [0.29, 0.717) is 0 Å². The predicted molar refractivity (Wildman–Crippen MR) is 73.9 cm³/mol. The number of urea groups is 1.